The summed E-state index contributed by atoms with van der Waals surface area (Å²) in [7, 11) is 0. The minimum atomic E-state index is -0.137. The van der Waals surface area contributed by atoms with Crippen LogP contribution in [0, 0.1) is 0 Å². The van der Waals surface area contributed by atoms with Crippen LogP contribution in [-0.2, 0) is 9.47 Å². The van der Waals surface area contributed by atoms with Crippen LogP contribution in [0.15, 0.2) is 25.3 Å². The Morgan fingerprint density at radius 3 is 2.47 bits per heavy atom. The number of hydrogen-bond donors (Lipinski definition) is 0. The van der Waals surface area contributed by atoms with E-state index in [0.29, 0.717) is 6.61 Å². The van der Waals surface area contributed by atoms with Crippen molar-refractivity contribution in [3.05, 3.63) is 25.3 Å². The Morgan fingerprint density at radius 1 is 1.27 bits per heavy atom. The van der Waals surface area contributed by atoms with Gasteiger partial charge < -0.3 is 9.47 Å². The van der Waals surface area contributed by atoms with E-state index in [2.05, 4.69) is 33.9 Å². The molecule has 0 amide bonds. The molecule has 0 aliphatic carbocycles. The highest BCUT2D eigenvalue weighted by Gasteiger charge is 2.17. The van der Waals surface area contributed by atoms with Gasteiger partial charge in [0.15, 0.2) is 0 Å². The third-order valence-corrected chi connectivity index (χ3v) is 2.20. The van der Waals surface area contributed by atoms with E-state index in [0.717, 1.165) is 19.4 Å². The molecule has 0 radical (unpaired) electrons. The maximum atomic E-state index is 5.62. The summed E-state index contributed by atoms with van der Waals surface area (Å²) in [5.74, 6) is 0. The van der Waals surface area contributed by atoms with E-state index in [-0.39, 0.29) is 11.7 Å². The van der Waals surface area contributed by atoms with Crippen LogP contribution in [0.1, 0.15) is 33.6 Å². The van der Waals surface area contributed by atoms with Gasteiger partial charge in [0.2, 0.25) is 0 Å². The highest BCUT2D eigenvalue weighted by atomic mass is 16.5. The molecule has 0 bridgehead atoms. The van der Waals surface area contributed by atoms with Crippen molar-refractivity contribution in [1.29, 1.82) is 0 Å². The zero-order chi connectivity index (χ0) is 11.7. The summed E-state index contributed by atoms with van der Waals surface area (Å²) in [5, 5.41) is 0. The Balaban J connectivity index is 3.63. The summed E-state index contributed by atoms with van der Waals surface area (Å²) in [6.07, 6.45) is 5.68. The van der Waals surface area contributed by atoms with Gasteiger partial charge >= 0.3 is 0 Å². The van der Waals surface area contributed by atoms with E-state index in [9.17, 15) is 0 Å². The highest BCUT2D eigenvalue weighted by molar-refractivity contribution is 4.74. The molecule has 0 aromatic heterocycles. The third-order valence-electron chi connectivity index (χ3n) is 2.20. The Kier molecular flexibility index (Phi) is 7.35. The Labute approximate surface area is 94.0 Å². The maximum Gasteiger partial charge on any atom is 0.0652 e. The predicted molar refractivity (Wildman–Crippen MR) is 65.1 cm³/mol. The fourth-order valence-electron chi connectivity index (χ4n) is 1.17. The van der Waals surface area contributed by atoms with Gasteiger partial charge in [-0.25, -0.2) is 0 Å². The summed E-state index contributed by atoms with van der Waals surface area (Å²) >= 11 is 0. The summed E-state index contributed by atoms with van der Waals surface area (Å²) in [5.41, 5.74) is -0.137. The van der Waals surface area contributed by atoms with E-state index >= 15 is 0 Å². The van der Waals surface area contributed by atoms with Crippen LogP contribution >= 0.6 is 0 Å². The Hall–Kier alpha value is -0.600. The lowest BCUT2D eigenvalue weighted by Gasteiger charge is -2.25. The van der Waals surface area contributed by atoms with Crippen LogP contribution in [0.25, 0.3) is 0 Å². The first-order valence-corrected chi connectivity index (χ1v) is 5.49. The second-order valence-electron chi connectivity index (χ2n) is 4.32. The molecule has 2 heteroatoms. The van der Waals surface area contributed by atoms with Crippen molar-refractivity contribution in [2.24, 2.45) is 0 Å². The van der Waals surface area contributed by atoms with Gasteiger partial charge in [-0.2, -0.15) is 0 Å². The van der Waals surface area contributed by atoms with Crippen molar-refractivity contribution in [1.82, 2.24) is 0 Å². The molecule has 0 spiro atoms. The molecule has 0 saturated carbocycles. The first-order valence-electron chi connectivity index (χ1n) is 5.49. The molecule has 0 aliphatic rings. The van der Waals surface area contributed by atoms with Gasteiger partial charge in [-0.05, 0) is 33.6 Å². The van der Waals surface area contributed by atoms with Gasteiger partial charge in [0.25, 0.3) is 0 Å². The van der Waals surface area contributed by atoms with Crippen molar-refractivity contribution in [3.63, 3.8) is 0 Å². The van der Waals surface area contributed by atoms with Gasteiger partial charge in [0.1, 0.15) is 0 Å². The second kappa shape index (κ2) is 7.66. The lowest BCUT2D eigenvalue weighted by Crippen LogP contribution is -2.27. The molecule has 0 rings (SSSR count). The van der Waals surface area contributed by atoms with Gasteiger partial charge in [0.05, 0.1) is 18.3 Å². The Bertz CT molecular complexity index is 185. The molecule has 0 fully saturated rings. The first kappa shape index (κ1) is 14.4. The molecular formula is C13H24O2. The van der Waals surface area contributed by atoms with Crippen LogP contribution in [0.2, 0.25) is 0 Å². The predicted octanol–water partition coefficient (Wildman–Crippen LogP) is 3.34. The van der Waals surface area contributed by atoms with E-state index < -0.39 is 0 Å². The quantitative estimate of drug-likeness (QED) is 0.546. The normalized spacial score (nSPS) is 13.5. The first-order chi connectivity index (χ1) is 7.02. The minimum absolute atomic E-state index is 0.137. The smallest absolute Gasteiger partial charge is 0.0652 e. The van der Waals surface area contributed by atoms with Gasteiger partial charge in [-0.3, -0.25) is 0 Å². The largest absolute Gasteiger partial charge is 0.378 e. The van der Waals surface area contributed by atoms with Crippen LogP contribution in [0.5, 0.6) is 0 Å². The monoisotopic (exact) mass is 212 g/mol. The van der Waals surface area contributed by atoms with E-state index in [1.54, 1.807) is 6.08 Å². The van der Waals surface area contributed by atoms with Gasteiger partial charge in [0, 0.05) is 6.61 Å². The molecule has 15 heavy (non-hydrogen) atoms. The molecule has 88 valence electrons. The van der Waals surface area contributed by atoms with Crippen molar-refractivity contribution in [2.75, 3.05) is 13.2 Å². The average molecular weight is 212 g/mol. The highest BCUT2D eigenvalue weighted by Crippen LogP contribution is 2.15. The number of hydrogen-bond acceptors (Lipinski definition) is 2. The van der Waals surface area contributed by atoms with Crippen LogP contribution in [0.4, 0.5) is 0 Å². The van der Waals surface area contributed by atoms with E-state index in [1.165, 1.54) is 0 Å². The van der Waals surface area contributed by atoms with Crippen molar-refractivity contribution >= 4 is 0 Å². The zero-order valence-electron chi connectivity index (χ0n) is 10.3. The summed E-state index contributed by atoms with van der Waals surface area (Å²) in [6.45, 7) is 14.8. The van der Waals surface area contributed by atoms with Gasteiger partial charge in [-0.1, -0.05) is 12.2 Å². The topological polar surface area (TPSA) is 18.5 Å². The fraction of sp³-hybridized carbons (Fsp3) is 0.692. The molecule has 0 N–H and O–H groups in total. The standard InChI is InChI=1S/C13H24O2/c1-6-8-12(3)14-11-9-13(4,5)15-10-7-2/h6-7,12H,1-2,8-11H2,3-5H3. The lowest BCUT2D eigenvalue weighted by molar-refractivity contribution is -0.0373. The summed E-state index contributed by atoms with van der Waals surface area (Å²) in [4.78, 5) is 0. The molecule has 2 nitrogen and oxygen atoms in total. The van der Waals surface area contributed by atoms with Crippen molar-refractivity contribution < 1.29 is 9.47 Å². The summed E-state index contributed by atoms with van der Waals surface area (Å²) < 4.78 is 11.2. The molecule has 0 aliphatic heterocycles. The van der Waals surface area contributed by atoms with Crippen molar-refractivity contribution in [3.8, 4) is 0 Å². The Morgan fingerprint density at radius 2 is 1.93 bits per heavy atom. The second-order valence-corrected chi connectivity index (χ2v) is 4.32. The number of rotatable bonds is 9. The van der Waals surface area contributed by atoms with E-state index in [1.807, 2.05) is 6.08 Å². The minimum Gasteiger partial charge on any atom is -0.378 e. The number of ether oxygens (including phenoxy) is 2. The average Bonchev–Trinajstić information content (AvgIpc) is 2.15. The molecule has 1 atom stereocenters. The summed E-state index contributed by atoms with van der Waals surface area (Å²) in [6, 6.07) is 0. The van der Waals surface area contributed by atoms with Crippen LogP contribution < -0.4 is 0 Å². The van der Waals surface area contributed by atoms with Crippen LogP contribution in [0.3, 0.4) is 0 Å². The molecule has 0 aromatic rings. The molecule has 0 heterocycles. The SMILES string of the molecule is C=CCOC(C)(C)CCOC(C)CC=C. The van der Waals surface area contributed by atoms with Crippen LogP contribution in [-0.4, -0.2) is 24.9 Å². The molecular weight excluding hydrogens is 188 g/mol. The van der Waals surface area contributed by atoms with E-state index in [4.69, 9.17) is 9.47 Å². The molecule has 0 saturated heterocycles. The maximum absolute atomic E-state index is 5.62. The zero-order valence-corrected chi connectivity index (χ0v) is 10.3. The molecule has 0 aromatic carbocycles. The lowest BCUT2D eigenvalue weighted by atomic mass is 10.1. The third kappa shape index (κ3) is 8.40. The van der Waals surface area contributed by atoms with Gasteiger partial charge in [-0.15, -0.1) is 13.2 Å². The fourth-order valence-corrected chi connectivity index (χ4v) is 1.17. The van der Waals surface area contributed by atoms with Crippen molar-refractivity contribution in [2.45, 2.75) is 45.3 Å². The molecule has 1 unspecified atom stereocenters.